The molecule has 0 spiro atoms. The molecule has 0 bridgehead atoms. The molecule has 0 saturated heterocycles. The SMILES string of the molecule is CCOc1ccc(CCOC)cc1Cl. The molecule has 0 fully saturated rings. The highest BCUT2D eigenvalue weighted by Crippen LogP contribution is 2.25. The third-order valence-electron chi connectivity index (χ3n) is 1.89. The van der Waals surface area contributed by atoms with Crippen LogP contribution in [0.15, 0.2) is 18.2 Å². The molecular weight excluding hydrogens is 200 g/mol. The van der Waals surface area contributed by atoms with E-state index >= 15 is 0 Å². The van der Waals surface area contributed by atoms with Crippen molar-refractivity contribution in [3.05, 3.63) is 28.8 Å². The molecular formula is C11H15ClO2. The summed E-state index contributed by atoms with van der Waals surface area (Å²) >= 11 is 6.02. The predicted octanol–water partition coefficient (Wildman–Crippen LogP) is 2.93. The van der Waals surface area contributed by atoms with E-state index in [9.17, 15) is 0 Å². The molecule has 0 heterocycles. The first-order valence-corrected chi connectivity index (χ1v) is 5.06. The second kappa shape index (κ2) is 5.89. The van der Waals surface area contributed by atoms with Gasteiger partial charge in [-0.1, -0.05) is 17.7 Å². The van der Waals surface area contributed by atoms with Crippen molar-refractivity contribution in [1.82, 2.24) is 0 Å². The van der Waals surface area contributed by atoms with E-state index in [1.165, 1.54) is 5.56 Å². The molecule has 0 N–H and O–H groups in total. The first-order chi connectivity index (χ1) is 6.77. The monoisotopic (exact) mass is 214 g/mol. The van der Waals surface area contributed by atoms with Gasteiger partial charge in [-0.15, -0.1) is 0 Å². The fraction of sp³-hybridized carbons (Fsp3) is 0.455. The summed E-state index contributed by atoms with van der Waals surface area (Å²) in [5, 5.41) is 0.667. The fourth-order valence-corrected chi connectivity index (χ4v) is 1.45. The zero-order chi connectivity index (χ0) is 10.4. The molecule has 0 saturated carbocycles. The molecule has 0 aliphatic carbocycles. The number of methoxy groups -OCH3 is 1. The Morgan fingerprint density at radius 1 is 1.36 bits per heavy atom. The topological polar surface area (TPSA) is 18.5 Å². The highest BCUT2D eigenvalue weighted by Gasteiger charge is 2.01. The Hall–Kier alpha value is -0.730. The maximum Gasteiger partial charge on any atom is 0.137 e. The van der Waals surface area contributed by atoms with E-state index in [1.807, 2.05) is 25.1 Å². The van der Waals surface area contributed by atoms with E-state index in [2.05, 4.69) is 0 Å². The van der Waals surface area contributed by atoms with Crippen molar-refractivity contribution in [3.63, 3.8) is 0 Å². The maximum absolute atomic E-state index is 6.02. The van der Waals surface area contributed by atoms with Crippen molar-refractivity contribution in [2.24, 2.45) is 0 Å². The first kappa shape index (κ1) is 11.3. The van der Waals surface area contributed by atoms with Gasteiger partial charge in [0.2, 0.25) is 0 Å². The molecule has 0 aliphatic heterocycles. The lowest BCUT2D eigenvalue weighted by molar-refractivity contribution is 0.202. The Kier molecular flexibility index (Phi) is 4.77. The summed E-state index contributed by atoms with van der Waals surface area (Å²) in [6.45, 7) is 3.29. The lowest BCUT2D eigenvalue weighted by atomic mass is 10.1. The summed E-state index contributed by atoms with van der Waals surface area (Å²) in [5.74, 6) is 0.746. The highest BCUT2D eigenvalue weighted by atomic mass is 35.5. The van der Waals surface area contributed by atoms with E-state index in [0.29, 0.717) is 18.2 Å². The summed E-state index contributed by atoms with van der Waals surface area (Å²) in [4.78, 5) is 0. The van der Waals surface area contributed by atoms with Crippen molar-refractivity contribution in [2.45, 2.75) is 13.3 Å². The lowest BCUT2D eigenvalue weighted by Gasteiger charge is -2.07. The number of ether oxygens (including phenoxy) is 2. The predicted molar refractivity (Wildman–Crippen MR) is 58.2 cm³/mol. The lowest BCUT2D eigenvalue weighted by Crippen LogP contribution is -1.96. The maximum atomic E-state index is 6.02. The van der Waals surface area contributed by atoms with Crippen LogP contribution in [0.1, 0.15) is 12.5 Å². The smallest absolute Gasteiger partial charge is 0.137 e. The highest BCUT2D eigenvalue weighted by molar-refractivity contribution is 6.32. The van der Waals surface area contributed by atoms with Crippen LogP contribution in [0.3, 0.4) is 0 Å². The second-order valence-electron chi connectivity index (χ2n) is 2.94. The summed E-state index contributed by atoms with van der Waals surface area (Å²) in [5.41, 5.74) is 1.17. The second-order valence-corrected chi connectivity index (χ2v) is 3.35. The molecule has 1 aromatic carbocycles. The van der Waals surface area contributed by atoms with Crippen molar-refractivity contribution in [3.8, 4) is 5.75 Å². The minimum Gasteiger partial charge on any atom is -0.492 e. The Morgan fingerprint density at radius 2 is 2.14 bits per heavy atom. The number of hydrogen-bond donors (Lipinski definition) is 0. The van der Waals surface area contributed by atoms with Crippen LogP contribution in [0.4, 0.5) is 0 Å². The van der Waals surface area contributed by atoms with Gasteiger partial charge in [0.15, 0.2) is 0 Å². The quantitative estimate of drug-likeness (QED) is 0.751. The average molecular weight is 215 g/mol. The van der Waals surface area contributed by atoms with Gasteiger partial charge >= 0.3 is 0 Å². The van der Waals surface area contributed by atoms with Crippen LogP contribution in [-0.4, -0.2) is 20.3 Å². The van der Waals surface area contributed by atoms with Gasteiger partial charge in [-0.05, 0) is 31.0 Å². The molecule has 0 amide bonds. The molecule has 0 aliphatic rings. The largest absolute Gasteiger partial charge is 0.492 e. The molecule has 3 heteroatoms. The van der Waals surface area contributed by atoms with Gasteiger partial charge < -0.3 is 9.47 Å². The van der Waals surface area contributed by atoms with Gasteiger partial charge in [-0.25, -0.2) is 0 Å². The number of rotatable bonds is 5. The van der Waals surface area contributed by atoms with Crippen LogP contribution < -0.4 is 4.74 Å². The van der Waals surface area contributed by atoms with Crippen LogP contribution in [-0.2, 0) is 11.2 Å². The van der Waals surface area contributed by atoms with Crippen molar-refractivity contribution in [1.29, 1.82) is 0 Å². The van der Waals surface area contributed by atoms with Crippen LogP contribution in [0.25, 0.3) is 0 Å². The van der Waals surface area contributed by atoms with E-state index in [4.69, 9.17) is 21.1 Å². The molecule has 0 radical (unpaired) electrons. The van der Waals surface area contributed by atoms with Gasteiger partial charge in [-0.2, -0.15) is 0 Å². The summed E-state index contributed by atoms with van der Waals surface area (Å²) in [6, 6.07) is 5.83. The van der Waals surface area contributed by atoms with E-state index in [-0.39, 0.29) is 0 Å². The Bertz CT molecular complexity index is 287. The van der Waals surface area contributed by atoms with Crippen molar-refractivity contribution in [2.75, 3.05) is 20.3 Å². The van der Waals surface area contributed by atoms with Crippen LogP contribution in [0, 0.1) is 0 Å². The molecule has 78 valence electrons. The Labute approximate surface area is 89.8 Å². The van der Waals surface area contributed by atoms with E-state index in [1.54, 1.807) is 7.11 Å². The standard InChI is InChI=1S/C11H15ClO2/c1-3-14-11-5-4-9(6-7-13-2)8-10(11)12/h4-5,8H,3,6-7H2,1-2H3. The van der Waals surface area contributed by atoms with Gasteiger partial charge in [0.1, 0.15) is 5.75 Å². The fourth-order valence-electron chi connectivity index (χ4n) is 1.19. The Balaban J connectivity index is 2.68. The summed E-state index contributed by atoms with van der Waals surface area (Å²) in [7, 11) is 1.69. The van der Waals surface area contributed by atoms with Crippen LogP contribution in [0.5, 0.6) is 5.75 Å². The molecule has 14 heavy (non-hydrogen) atoms. The molecule has 0 unspecified atom stereocenters. The zero-order valence-corrected chi connectivity index (χ0v) is 9.30. The number of benzene rings is 1. The normalized spacial score (nSPS) is 10.2. The van der Waals surface area contributed by atoms with Crippen molar-refractivity contribution < 1.29 is 9.47 Å². The molecule has 1 rings (SSSR count). The molecule has 2 nitrogen and oxygen atoms in total. The van der Waals surface area contributed by atoms with Crippen LogP contribution in [0.2, 0.25) is 5.02 Å². The minimum absolute atomic E-state index is 0.636. The molecule has 0 atom stereocenters. The summed E-state index contributed by atoms with van der Waals surface area (Å²) in [6.07, 6.45) is 0.878. The van der Waals surface area contributed by atoms with Crippen LogP contribution >= 0.6 is 11.6 Å². The van der Waals surface area contributed by atoms with Gasteiger partial charge in [-0.3, -0.25) is 0 Å². The molecule has 0 aromatic heterocycles. The molecule has 1 aromatic rings. The first-order valence-electron chi connectivity index (χ1n) is 4.68. The van der Waals surface area contributed by atoms with Crippen molar-refractivity contribution >= 4 is 11.6 Å². The average Bonchev–Trinajstić information content (AvgIpc) is 2.19. The zero-order valence-electron chi connectivity index (χ0n) is 8.55. The van der Waals surface area contributed by atoms with Gasteiger partial charge in [0, 0.05) is 7.11 Å². The summed E-state index contributed by atoms with van der Waals surface area (Å²) < 4.78 is 10.3. The van der Waals surface area contributed by atoms with Gasteiger partial charge in [0.25, 0.3) is 0 Å². The third kappa shape index (κ3) is 3.20. The van der Waals surface area contributed by atoms with E-state index in [0.717, 1.165) is 12.2 Å². The number of hydrogen-bond acceptors (Lipinski definition) is 2. The van der Waals surface area contributed by atoms with Gasteiger partial charge in [0.05, 0.1) is 18.2 Å². The number of halogens is 1. The van der Waals surface area contributed by atoms with E-state index < -0.39 is 0 Å². The Morgan fingerprint density at radius 3 is 2.71 bits per heavy atom. The minimum atomic E-state index is 0.636. The third-order valence-corrected chi connectivity index (χ3v) is 2.19.